The van der Waals surface area contributed by atoms with Crippen molar-refractivity contribution in [2.24, 2.45) is 0 Å². The number of aromatic nitrogens is 5. The first-order chi connectivity index (χ1) is 13.4. The van der Waals surface area contributed by atoms with E-state index >= 15 is 0 Å². The molecule has 4 aromatic rings. The Morgan fingerprint density at radius 1 is 1.11 bits per heavy atom. The molecule has 0 amide bonds. The number of alkyl halides is 2. The minimum absolute atomic E-state index is 0.130. The monoisotopic (exact) mass is 385 g/mol. The lowest BCUT2D eigenvalue weighted by atomic mass is 10.1. The van der Waals surface area contributed by atoms with Gasteiger partial charge in [-0.1, -0.05) is 0 Å². The van der Waals surface area contributed by atoms with Gasteiger partial charge in [0.25, 0.3) is 6.43 Å². The molecule has 0 aliphatic heterocycles. The van der Waals surface area contributed by atoms with Gasteiger partial charge >= 0.3 is 0 Å². The molecule has 0 saturated heterocycles. The van der Waals surface area contributed by atoms with Crippen LogP contribution in [0, 0.1) is 19.7 Å². The number of pyridine rings is 1. The third-order valence-electron chi connectivity index (χ3n) is 4.83. The number of aryl methyl sites for hydroxylation is 2. The first-order valence-corrected chi connectivity index (χ1v) is 8.87. The van der Waals surface area contributed by atoms with E-state index in [2.05, 4.69) is 15.2 Å². The number of hydrogen-bond acceptors (Lipinski definition) is 3. The summed E-state index contributed by atoms with van der Waals surface area (Å²) in [7, 11) is 0. The van der Waals surface area contributed by atoms with Gasteiger partial charge < -0.3 is 0 Å². The Hall–Kier alpha value is -3.16. The lowest BCUT2D eigenvalue weighted by Crippen LogP contribution is -2.01. The maximum atomic E-state index is 13.9. The maximum Gasteiger partial charge on any atom is 0.264 e. The predicted octanol–water partition coefficient (Wildman–Crippen LogP) is 5.00. The second kappa shape index (κ2) is 6.78. The summed E-state index contributed by atoms with van der Waals surface area (Å²) >= 11 is 0. The van der Waals surface area contributed by atoms with E-state index in [1.165, 1.54) is 35.0 Å². The molecule has 8 heteroatoms. The van der Waals surface area contributed by atoms with Crippen LogP contribution in [0.5, 0.6) is 0 Å². The predicted molar refractivity (Wildman–Crippen MR) is 100 cm³/mol. The number of nitrogens with zero attached hydrogens (tertiary/aromatic N) is 5. The van der Waals surface area contributed by atoms with Crippen molar-refractivity contribution in [3.05, 3.63) is 59.3 Å². The molecule has 5 nitrogen and oxygen atoms in total. The van der Waals surface area contributed by atoms with E-state index in [0.717, 1.165) is 5.69 Å². The lowest BCUT2D eigenvalue weighted by molar-refractivity contribution is 0.153. The van der Waals surface area contributed by atoms with Crippen LogP contribution in [-0.4, -0.2) is 24.5 Å². The van der Waals surface area contributed by atoms with Crippen LogP contribution in [-0.2, 0) is 6.54 Å². The van der Waals surface area contributed by atoms with Gasteiger partial charge in [-0.25, -0.2) is 22.8 Å². The van der Waals surface area contributed by atoms with Crippen LogP contribution in [0.2, 0.25) is 0 Å². The van der Waals surface area contributed by atoms with E-state index in [0.29, 0.717) is 40.2 Å². The van der Waals surface area contributed by atoms with E-state index in [-0.39, 0.29) is 11.4 Å². The zero-order valence-electron chi connectivity index (χ0n) is 15.6. The molecular formula is C20H18F3N5. The number of halogens is 3. The number of benzene rings is 1. The molecule has 0 N–H and O–H groups in total. The summed E-state index contributed by atoms with van der Waals surface area (Å²) in [6.45, 7) is 6.17. The molecular weight excluding hydrogens is 367 g/mol. The Labute approximate surface area is 159 Å². The van der Waals surface area contributed by atoms with Gasteiger partial charge in [-0.3, -0.25) is 4.68 Å². The summed E-state index contributed by atoms with van der Waals surface area (Å²) in [5.74, 6) is -0.388. The van der Waals surface area contributed by atoms with E-state index in [1.807, 2.05) is 13.8 Å². The van der Waals surface area contributed by atoms with Crippen molar-refractivity contribution in [1.82, 2.24) is 24.5 Å². The van der Waals surface area contributed by atoms with Crippen molar-refractivity contribution in [2.75, 3.05) is 0 Å². The molecule has 0 aliphatic carbocycles. The van der Waals surface area contributed by atoms with Gasteiger partial charge in [0.05, 0.1) is 28.7 Å². The van der Waals surface area contributed by atoms with Gasteiger partial charge in [-0.15, -0.1) is 0 Å². The van der Waals surface area contributed by atoms with Gasteiger partial charge in [-0.2, -0.15) is 10.2 Å². The second-order valence-electron chi connectivity index (χ2n) is 6.53. The molecule has 0 aliphatic rings. The van der Waals surface area contributed by atoms with Crippen molar-refractivity contribution in [3.63, 3.8) is 0 Å². The minimum Gasteiger partial charge on any atom is -0.269 e. The van der Waals surface area contributed by atoms with Gasteiger partial charge in [0, 0.05) is 23.4 Å². The van der Waals surface area contributed by atoms with Gasteiger partial charge in [-0.05, 0) is 51.1 Å². The molecule has 28 heavy (non-hydrogen) atoms. The molecule has 0 bridgehead atoms. The summed E-state index contributed by atoms with van der Waals surface area (Å²) in [6, 6.07) is 7.08. The van der Waals surface area contributed by atoms with Crippen molar-refractivity contribution in [3.8, 4) is 16.9 Å². The average molecular weight is 385 g/mol. The van der Waals surface area contributed by atoms with Crippen molar-refractivity contribution in [2.45, 2.75) is 33.7 Å². The Kier molecular flexibility index (Phi) is 4.41. The van der Waals surface area contributed by atoms with Gasteiger partial charge in [0.2, 0.25) is 0 Å². The molecule has 0 spiro atoms. The molecule has 0 fully saturated rings. The van der Waals surface area contributed by atoms with Crippen LogP contribution in [0.15, 0.2) is 36.5 Å². The normalized spacial score (nSPS) is 11.7. The van der Waals surface area contributed by atoms with Gasteiger partial charge in [0.15, 0.2) is 5.65 Å². The maximum absolute atomic E-state index is 13.9. The fourth-order valence-corrected chi connectivity index (χ4v) is 3.41. The van der Waals surface area contributed by atoms with Crippen molar-refractivity contribution < 1.29 is 13.2 Å². The third-order valence-corrected chi connectivity index (χ3v) is 4.83. The highest BCUT2D eigenvalue weighted by molar-refractivity contribution is 5.86. The van der Waals surface area contributed by atoms with Crippen LogP contribution in [0.4, 0.5) is 13.2 Å². The standard InChI is InChI=1S/C20H18F3N5/c1-4-27-12(3)16(10-24-27)17-9-15(19(22)23)18-11(2)26-28(20(18)25-17)14-7-5-13(21)6-8-14/h5-10,19H,4H2,1-3H3. The molecule has 4 rings (SSSR count). The fourth-order valence-electron chi connectivity index (χ4n) is 3.41. The fraction of sp³-hybridized carbons (Fsp3) is 0.250. The molecule has 1 aromatic carbocycles. The summed E-state index contributed by atoms with van der Waals surface area (Å²) in [6.07, 6.45) is -1.05. The first-order valence-electron chi connectivity index (χ1n) is 8.87. The molecule has 0 atom stereocenters. The summed E-state index contributed by atoms with van der Waals surface area (Å²) in [5.41, 5.74) is 3.10. The van der Waals surface area contributed by atoms with E-state index in [1.54, 1.807) is 17.8 Å². The lowest BCUT2D eigenvalue weighted by Gasteiger charge is -2.09. The number of fused-ring (bicyclic) bond motifs is 1. The molecule has 0 unspecified atom stereocenters. The number of hydrogen-bond donors (Lipinski definition) is 0. The average Bonchev–Trinajstić information content (AvgIpc) is 3.21. The van der Waals surface area contributed by atoms with Crippen LogP contribution >= 0.6 is 0 Å². The molecule has 144 valence electrons. The van der Waals surface area contributed by atoms with Gasteiger partial charge in [0.1, 0.15) is 5.82 Å². The Bertz CT molecular complexity index is 1160. The molecule has 0 saturated carbocycles. The van der Waals surface area contributed by atoms with E-state index in [9.17, 15) is 13.2 Å². The Morgan fingerprint density at radius 2 is 1.82 bits per heavy atom. The number of rotatable bonds is 4. The largest absolute Gasteiger partial charge is 0.269 e. The van der Waals surface area contributed by atoms with Crippen LogP contribution < -0.4 is 0 Å². The Balaban J connectivity index is 2.02. The summed E-state index contributed by atoms with van der Waals surface area (Å²) < 4.78 is 44.3. The Morgan fingerprint density at radius 3 is 2.43 bits per heavy atom. The SMILES string of the molecule is CCn1ncc(-c2cc(C(F)F)c3c(C)nn(-c4ccc(F)cc4)c3n2)c1C. The summed E-state index contributed by atoms with van der Waals surface area (Å²) in [4.78, 5) is 4.64. The van der Waals surface area contributed by atoms with Crippen LogP contribution in [0.1, 0.15) is 30.3 Å². The highest BCUT2D eigenvalue weighted by Gasteiger charge is 2.23. The van der Waals surface area contributed by atoms with Crippen molar-refractivity contribution >= 4 is 11.0 Å². The zero-order chi connectivity index (χ0) is 20.0. The van der Waals surface area contributed by atoms with Crippen LogP contribution in [0.25, 0.3) is 28.0 Å². The zero-order valence-corrected chi connectivity index (χ0v) is 15.6. The van der Waals surface area contributed by atoms with E-state index in [4.69, 9.17) is 0 Å². The van der Waals surface area contributed by atoms with Crippen LogP contribution in [0.3, 0.4) is 0 Å². The molecule has 0 radical (unpaired) electrons. The smallest absolute Gasteiger partial charge is 0.264 e. The quantitative estimate of drug-likeness (QED) is 0.497. The highest BCUT2D eigenvalue weighted by atomic mass is 19.3. The van der Waals surface area contributed by atoms with Crippen molar-refractivity contribution in [1.29, 1.82) is 0 Å². The topological polar surface area (TPSA) is 48.5 Å². The minimum atomic E-state index is -2.68. The third kappa shape index (κ3) is 2.85. The summed E-state index contributed by atoms with van der Waals surface area (Å²) in [5, 5.41) is 8.98. The molecule has 3 aromatic heterocycles. The highest BCUT2D eigenvalue weighted by Crippen LogP contribution is 2.34. The first kappa shape index (κ1) is 18.2. The van der Waals surface area contributed by atoms with E-state index < -0.39 is 6.43 Å². The molecule has 3 heterocycles. The second-order valence-corrected chi connectivity index (χ2v) is 6.53.